The zero-order valence-corrected chi connectivity index (χ0v) is 19.9. The second-order valence-electron chi connectivity index (χ2n) is 10.0. The summed E-state index contributed by atoms with van der Waals surface area (Å²) < 4.78 is 10.2. The lowest BCUT2D eigenvalue weighted by molar-refractivity contribution is -0.144. The molecule has 0 aliphatic rings. The largest absolute Gasteiger partial charge is 0.507 e. The molecule has 0 unspecified atom stereocenters. The summed E-state index contributed by atoms with van der Waals surface area (Å²) in [6, 6.07) is 4.03. The molecule has 0 atom stereocenters. The number of carbonyl (C=O) groups is 2. The third-order valence-electron chi connectivity index (χ3n) is 5.01. The molecule has 0 spiro atoms. The van der Waals surface area contributed by atoms with E-state index in [1.165, 1.54) is 6.92 Å². The van der Waals surface area contributed by atoms with Gasteiger partial charge in [-0.25, -0.2) is 0 Å². The van der Waals surface area contributed by atoms with Gasteiger partial charge >= 0.3 is 11.9 Å². The van der Waals surface area contributed by atoms with Crippen LogP contribution in [0, 0.1) is 0 Å². The Balaban J connectivity index is 2.53. The summed E-state index contributed by atoms with van der Waals surface area (Å²) in [6.45, 7) is 14.8. The fourth-order valence-electron chi connectivity index (χ4n) is 3.26. The lowest BCUT2D eigenvalue weighted by Gasteiger charge is -2.28. The maximum absolute atomic E-state index is 12.1. The molecule has 5 heteroatoms. The molecule has 0 saturated carbocycles. The van der Waals surface area contributed by atoms with Gasteiger partial charge in [-0.2, -0.15) is 0 Å². The molecule has 1 N–H and O–H groups in total. The van der Waals surface area contributed by atoms with Crippen molar-refractivity contribution in [1.29, 1.82) is 0 Å². The van der Waals surface area contributed by atoms with Crippen molar-refractivity contribution in [3.8, 4) is 5.75 Å². The second kappa shape index (κ2) is 11.4. The number of esters is 2. The molecule has 1 aromatic rings. The number of carbonyl (C=O) groups excluding carboxylic acids is 2. The van der Waals surface area contributed by atoms with Crippen LogP contribution in [-0.2, 0) is 36.3 Å². The van der Waals surface area contributed by atoms with Crippen LogP contribution >= 0.6 is 0 Å². The van der Waals surface area contributed by atoms with Crippen LogP contribution in [0.15, 0.2) is 12.1 Å². The Hall–Kier alpha value is -2.04. The molecular weight excluding hydrogens is 380 g/mol. The van der Waals surface area contributed by atoms with Gasteiger partial charge in [-0.3, -0.25) is 9.59 Å². The molecular formula is C25H40O5. The Morgan fingerprint density at radius 3 is 1.73 bits per heavy atom. The van der Waals surface area contributed by atoms with E-state index in [0.29, 0.717) is 31.8 Å². The van der Waals surface area contributed by atoms with Crippen molar-refractivity contribution in [3.63, 3.8) is 0 Å². The SMILES string of the molecule is CC(=O)OCCCCCCOC(=O)CCc1cc(C(C)(C)C)c(O)c(C(C)(C)C)c1. The van der Waals surface area contributed by atoms with Crippen molar-refractivity contribution < 1.29 is 24.2 Å². The number of aryl methyl sites for hydroxylation is 1. The number of hydrogen-bond acceptors (Lipinski definition) is 5. The van der Waals surface area contributed by atoms with Crippen LogP contribution in [0.1, 0.15) is 97.3 Å². The summed E-state index contributed by atoms with van der Waals surface area (Å²) in [5.41, 5.74) is 2.50. The molecule has 0 aliphatic carbocycles. The van der Waals surface area contributed by atoms with Crippen LogP contribution < -0.4 is 0 Å². The minimum Gasteiger partial charge on any atom is -0.507 e. The van der Waals surface area contributed by atoms with Gasteiger partial charge < -0.3 is 14.6 Å². The molecule has 1 aromatic carbocycles. The number of hydrogen-bond donors (Lipinski definition) is 1. The number of benzene rings is 1. The molecule has 170 valence electrons. The van der Waals surface area contributed by atoms with Gasteiger partial charge in [0.1, 0.15) is 5.75 Å². The molecule has 0 radical (unpaired) electrons. The third-order valence-corrected chi connectivity index (χ3v) is 5.01. The fraction of sp³-hybridized carbons (Fsp3) is 0.680. The topological polar surface area (TPSA) is 72.8 Å². The number of rotatable bonds is 10. The average Bonchev–Trinajstić information content (AvgIpc) is 2.60. The Morgan fingerprint density at radius 2 is 1.30 bits per heavy atom. The summed E-state index contributed by atoms with van der Waals surface area (Å²) in [5.74, 6) is -0.0885. The van der Waals surface area contributed by atoms with Gasteiger partial charge in [0, 0.05) is 13.3 Å². The Kier molecular flexibility index (Phi) is 9.86. The van der Waals surface area contributed by atoms with Crippen LogP contribution in [0.25, 0.3) is 0 Å². The monoisotopic (exact) mass is 420 g/mol. The van der Waals surface area contributed by atoms with Crippen LogP contribution in [0.4, 0.5) is 0 Å². The molecule has 0 saturated heterocycles. The summed E-state index contributed by atoms with van der Waals surface area (Å²) in [7, 11) is 0. The molecule has 0 fully saturated rings. The number of aromatic hydroxyl groups is 1. The lowest BCUT2D eigenvalue weighted by Crippen LogP contribution is -2.18. The van der Waals surface area contributed by atoms with Gasteiger partial charge in [0.2, 0.25) is 0 Å². The van der Waals surface area contributed by atoms with Gasteiger partial charge in [0.15, 0.2) is 0 Å². The second-order valence-corrected chi connectivity index (χ2v) is 10.0. The first-order chi connectivity index (χ1) is 13.8. The highest BCUT2D eigenvalue weighted by molar-refractivity contribution is 5.69. The van der Waals surface area contributed by atoms with Crippen LogP contribution in [-0.4, -0.2) is 30.3 Å². The van der Waals surface area contributed by atoms with Gasteiger partial charge in [-0.1, -0.05) is 53.7 Å². The van der Waals surface area contributed by atoms with Crippen LogP contribution in [0.2, 0.25) is 0 Å². The van der Waals surface area contributed by atoms with E-state index in [-0.39, 0.29) is 22.8 Å². The first-order valence-electron chi connectivity index (χ1n) is 11.0. The minimum atomic E-state index is -0.248. The summed E-state index contributed by atoms with van der Waals surface area (Å²) in [6.07, 6.45) is 4.45. The fourth-order valence-corrected chi connectivity index (χ4v) is 3.26. The average molecular weight is 421 g/mol. The number of phenols is 1. The number of ether oxygens (including phenoxy) is 2. The van der Waals surface area contributed by atoms with Crippen molar-refractivity contribution in [3.05, 3.63) is 28.8 Å². The summed E-state index contributed by atoms with van der Waals surface area (Å²) >= 11 is 0. The predicted octanol–water partition coefficient (Wildman–Crippen LogP) is 5.59. The first kappa shape index (κ1) is 26.0. The van der Waals surface area contributed by atoms with Crippen molar-refractivity contribution in [2.45, 2.75) is 97.8 Å². The Bertz CT molecular complexity index is 672. The lowest BCUT2D eigenvalue weighted by atomic mass is 9.78. The van der Waals surface area contributed by atoms with E-state index in [2.05, 4.69) is 41.5 Å². The maximum Gasteiger partial charge on any atom is 0.306 e. The van der Waals surface area contributed by atoms with Gasteiger partial charge in [-0.15, -0.1) is 0 Å². The van der Waals surface area contributed by atoms with E-state index in [1.54, 1.807) is 0 Å². The molecule has 1 rings (SSSR count). The summed E-state index contributed by atoms with van der Waals surface area (Å²) in [4.78, 5) is 22.8. The van der Waals surface area contributed by atoms with Crippen LogP contribution in [0.5, 0.6) is 5.75 Å². The molecule has 30 heavy (non-hydrogen) atoms. The zero-order chi connectivity index (χ0) is 22.9. The molecule has 0 aliphatic heterocycles. The number of unbranched alkanes of at least 4 members (excludes halogenated alkanes) is 3. The van der Waals surface area contributed by atoms with Crippen molar-refractivity contribution >= 4 is 11.9 Å². The highest BCUT2D eigenvalue weighted by Gasteiger charge is 2.26. The molecule has 0 heterocycles. The van der Waals surface area contributed by atoms with Gasteiger partial charge in [-0.05, 0) is 59.6 Å². The van der Waals surface area contributed by atoms with E-state index in [9.17, 15) is 14.7 Å². The van der Waals surface area contributed by atoms with Crippen molar-refractivity contribution in [2.24, 2.45) is 0 Å². The van der Waals surface area contributed by atoms with E-state index >= 15 is 0 Å². The summed E-state index contributed by atoms with van der Waals surface area (Å²) in [5, 5.41) is 10.8. The zero-order valence-electron chi connectivity index (χ0n) is 19.9. The van der Waals surface area contributed by atoms with E-state index in [4.69, 9.17) is 9.47 Å². The van der Waals surface area contributed by atoms with Crippen molar-refractivity contribution in [2.75, 3.05) is 13.2 Å². The van der Waals surface area contributed by atoms with E-state index < -0.39 is 0 Å². The van der Waals surface area contributed by atoms with Crippen LogP contribution in [0.3, 0.4) is 0 Å². The minimum absolute atomic E-state index is 0.184. The van der Waals surface area contributed by atoms with Gasteiger partial charge in [0.05, 0.1) is 13.2 Å². The van der Waals surface area contributed by atoms with Crippen molar-refractivity contribution in [1.82, 2.24) is 0 Å². The highest BCUT2D eigenvalue weighted by atomic mass is 16.5. The highest BCUT2D eigenvalue weighted by Crippen LogP contribution is 2.39. The first-order valence-corrected chi connectivity index (χ1v) is 11.0. The normalized spacial score (nSPS) is 12.0. The molecule has 0 aromatic heterocycles. The Morgan fingerprint density at radius 1 is 0.833 bits per heavy atom. The van der Waals surface area contributed by atoms with E-state index in [0.717, 1.165) is 42.4 Å². The smallest absolute Gasteiger partial charge is 0.306 e. The molecule has 0 amide bonds. The molecule has 0 bridgehead atoms. The molecule has 5 nitrogen and oxygen atoms in total. The maximum atomic E-state index is 12.1. The third kappa shape index (κ3) is 9.19. The standard InChI is InChI=1S/C25H40O5/c1-18(26)29-14-10-8-9-11-15-30-22(27)13-12-19-16-20(24(2,3)4)23(28)21(17-19)25(5,6)7/h16-17,28H,8-15H2,1-7H3. The van der Waals surface area contributed by atoms with Gasteiger partial charge in [0.25, 0.3) is 0 Å². The number of phenolic OH excluding ortho intramolecular Hbond substituents is 1. The quantitative estimate of drug-likeness (QED) is 0.395. The van der Waals surface area contributed by atoms with E-state index in [1.807, 2.05) is 12.1 Å². The Labute approximate surface area is 182 Å². The predicted molar refractivity (Wildman–Crippen MR) is 120 cm³/mol.